The van der Waals surface area contributed by atoms with E-state index in [1.807, 2.05) is 0 Å². The maximum absolute atomic E-state index is 14.2. The minimum Gasteiger partial charge on any atom is -0.384 e. The highest BCUT2D eigenvalue weighted by Crippen LogP contribution is 2.39. The molecule has 132 valence electrons. The first-order valence-electron chi connectivity index (χ1n) is 8.00. The summed E-state index contributed by atoms with van der Waals surface area (Å²) in [7, 11) is 0. The molecular weight excluding hydrogens is 324 g/mol. The van der Waals surface area contributed by atoms with E-state index >= 15 is 0 Å². The minimum absolute atomic E-state index is 0.0425. The van der Waals surface area contributed by atoms with Crippen molar-refractivity contribution in [3.63, 3.8) is 0 Å². The molecule has 24 heavy (non-hydrogen) atoms. The SMILES string of the molecule is C=C(NCc1ccc(N2CCC(C(F)(F)F)[C@@H]2O)cc1F)C1CC1. The smallest absolute Gasteiger partial charge is 0.384 e. The van der Waals surface area contributed by atoms with Crippen LogP contribution in [0.5, 0.6) is 0 Å². The van der Waals surface area contributed by atoms with E-state index in [1.54, 1.807) is 6.07 Å². The number of halogens is 4. The fraction of sp³-hybridized carbons (Fsp3) is 0.529. The van der Waals surface area contributed by atoms with Crippen LogP contribution < -0.4 is 10.2 Å². The second-order valence-corrected chi connectivity index (χ2v) is 6.47. The first-order chi connectivity index (χ1) is 11.3. The Labute approximate surface area is 138 Å². The van der Waals surface area contributed by atoms with Crippen molar-refractivity contribution in [2.75, 3.05) is 11.4 Å². The molecule has 2 atom stereocenters. The summed E-state index contributed by atoms with van der Waals surface area (Å²) in [6.45, 7) is 4.23. The molecule has 0 aromatic heterocycles. The van der Waals surface area contributed by atoms with E-state index in [1.165, 1.54) is 17.0 Å². The van der Waals surface area contributed by atoms with E-state index in [4.69, 9.17) is 0 Å². The summed E-state index contributed by atoms with van der Waals surface area (Å²) in [4.78, 5) is 1.20. The van der Waals surface area contributed by atoms with Gasteiger partial charge in [0.25, 0.3) is 0 Å². The Bertz CT molecular complexity index is 628. The number of alkyl halides is 3. The van der Waals surface area contributed by atoms with Gasteiger partial charge >= 0.3 is 6.18 Å². The van der Waals surface area contributed by atoms with Crippen LogP contribution in [0.15, 0.2) is 30.5 Å². The summed E-state index contributed by atoms with van der Waals surface area (Å²) in [6.07, 6.45) is -4.14. The molecule has 2 aliphatic rings. The van der Waals surface area contributed by atoms with Crippen molar-refractivity contribution in [3.05, 3.63) is 41.9 Å². The zero-order chi connectivity index (χ0) is 17.5. The van der Waals surface area contributed by atoms with Gasteiger partial charge in [0.1, 0.15) is 18.0 Å². The standard InChI is InChI=1S/C17H20F4N2O/c1-10(11-2-3-11)22-9-12-4-5-13(8-15(12)18)23-7-6-14(16(23)24)17(19,20)21/h4-5,8,11,14,16,22,24H,1-3,6-7,9H2/t14?,16-/m0/s1. The number of anilines is 1. The van der Waals surface area contributed by atoms with Gasteiger partial charge in [0, 0.05) is 30.0 Å². The van der Waals surface area contributed by atoms with Gasteiger partial charge in [-0.25, -0.2) is 4.39 Å². The quantitative estimate of drug-likeness (QED) is 0.802. The third-order valence-electron chi connectivity index (χ3n) is 4.73. The Kier molecular flexibility index (Phi) is 4.46. The zero-order valence-corrected chi connectivity index (χ0v) is 13.1. The van der Waals surface area contributed by atoms with Gasteiger partial charge in [-0.05, 0) is 37.3 Å². The van der Waals surface area contributed by atoms with E-state index in [0.717, 1.165) is 18.5 Å². The highest BCUT2D eigenvalue weighted by molar-refractivity contribution is 5.50. The Morgan fingerprint density at radius 2 is 2.00 bits per heavy atom. The predicted molar refractivity (Wildman–Crippen MR) is 82.6 cm³/mol. The molecule has 1 saturated carbocycles. The van der Waals surface area contributed by atoms with Gasteiger partial charge in [-0.2, -0.15) is 13.2 Å². The lowest BCUT2D eigenvalue weighted by Gasteiger charge is -2.26. The van der Waals surface area contributed by atoms with Crippen LogP contribution in [0, 0.1) is 17.7 Å². The number of nitrogens with zero attached hydrogens (tertiary/aromatic N) is 1. The molecule has 3 nitrogen and oxygen atoms in total. The molecule has 2 fully saturated rings. The second kappa shape index (κ2) is 6.27. The average molecular weight is 344 g/mol. The molecule has 1 aliphatic heterocycles. The van der Waals surface area contributed by atoms with Gasteiger partial charge in [-0.15, -0.1) is 0 Å². The molecule has 0 radical (unpaired) electrons. The lowest BCUT2D eigenvalue weighted by molar-refractivity contribution is -0.192. The van der Waals surface area contributed by atoms with Crippen LogP contribution in [0.2, 0.25) is 0 Å². The molecule has 1 aromatic carbocycles. The summed E-state index contributed by atoms with van der Waals surface area (Å²) < 4.78 is 52.7. The number of hydrogen-bond donors (Lipinski definition) is 2. The Hall–Kier alpha value is -1.76. The normalized spacial score (nSPS) is 24.3. The van der Waals surface area contributed by atoms with E-state index in [0.29, 0.717) is 11.5 Å². The third kappa shape index (κ3) is 3.50. The van der Waals surface area contributed by atoms with Crippen molar-refractivity contribution in [1.29, 1.82) is 0 Å². The van der Waals surface area contributed by atoms with E-state index in [2.05, 4.69) is 11.9 Å². The molecule has 0 spiro atoms. The van der Waals surface area contributed by atoms with Gasteiger partial charge in [0.05, 0.1) is 0 Å². The number of benzene rings is 1. The van der Waals surface area contributed by atoms with Crippen LogP contribution in [0.3, 0.4) is 0 Å². The number of allylic oxidation sites excluding steroid dienone is 1. The van der Waals surface area contributed by atoms with Crippen LogP contribution in [0.4, 0.5) is 23.2 Å². The van der Waals surface area contributed by atoms with E-state index in [9.17, 15) is 22.7 Å². The maximum Gasteiger partial charge on any atom is 0.396 e. The number of rotatable bonds is 5. The predicted octanol–water partition coefficient (Wildman–Crippen LogP) is 3.55. The molecule has 1 aliphatic carbocycles. The van der Waals surface area contributed by atoms with Gasteiger partial charge in [-0.1, -0.05) is 12.6 Å². The Morgan fingerprint density at radius 1 is 1.29 bits per heavy atom. The second-order valence-electron chi connectivity index (χ2n) is 6.47. The van der Waals surface area contributed by atoms with Crippen molar-refractivity contribution in [3.8, 4) is 0 Å². The summed E-state index contributed by atoms with van der Waals surface area (Å²) in [6, 6.07) is 4.26. The number of nitrogens with one attached hydrogen (secondary N) is 1. The lowest BCUT2D eigenvalue weighted by Crippen LogP contribution is -2.38. The number of aliphatic hydroxyl groups excluding tert-OH is 1. The summed E-state index contributed by atoms with van der Waals surface area (Å²) in [5.74, 6) is -1.85. The fourth-order valence-corrected chi connectivity index (χ4v) is 3.03. The molecule has 1 aromatic rings. The van der Waals surface area contributed by atoms with Crippen molar-refractivity contribution in [2.45, 2.75) is 38.2 Å². The maximum atomic E-state index is 14.2. The van der Waals surface area contributed by atoms with Crippen molar-refractivity contribution in [1.82, 2.24) is 5.32 Å². The minimum atomic E-state index is -4.46. The van der Waals surface area contributed by atoms with Crippen molar-refractivity contribution in [2.24, 2.45) is 11.8 Å². The van der Waals surface area contributed by atoms with Crippen LogP contribution >= 0.6 is 0 Å². The summed E-state index contributed by atoms with van der Waals surface area (Å²) in [5.41, 5.74) is 1.57. The van der Waals surface area contributed by atoms with E-state index < -0.39 is 24.1 Å². The fourth-order valence-electron chi connectivity index (χ4n) is 3.03. The Morgan fingerprint density at radius 3 is 2.54 bits per heavy atom. The highest BCUT2D eigenvalue weighted by Gasteiger charge is 2.49. The lowest BCUT2D eigenvalue weighted by atomic mass is 10.1. The molecular formula is C17H20F4N2O. The Balaban J connectivity index is 1.67. The van der Waals surface area contributed by atoms with E-state index in [-0.39, 0.29) is 25.2 Å². The first kappa shape index (κ1) is 17.1. The van der Waals surface area contributed by atoms with Crippen LogP contribution in [-0.2, 0) is 6.54 Å². The highest BCUT2D eigenvalue weighted by atomic mass is 19.4. The van der Waals surface area contributed by atoms with Gasteiger partial charge in [0.2, 0.25) is 0 Å². The van der Waals surface area contributed by atoms with Gasteiger partial charge in [-0.3, -0.25) is 0 Å². The average Bonchev–Trinajstić information content (AvgIpc) is 3.27. The van der Waals surface area contributed by atoms with Gasteiger partial charge < -0.3 is 15.3 Å². The largest absolute Gasteiger partial charge is 0.396 e. The molecule has 0 amide bonds. The molecule has 1 saturated heterocycles. The molecule has 7 heteroatoms. The molecule has 0 bridgehead atoms. The monoisotopic (exact) mass is 344 g/mol. The summed E-state index contributed by atoms with van der Waals surface area (Å²) in [5, 5.41) is 13.0. The number of hydrogen-bond acceptors (Lipinski definition) is 3. The molecule has 1 unspecified atom stereocenters. The molecule has 3 rings (SSSR count). The van der Waals surface area contributed by atoms with Crippen molar-refractivity contribution >= 4 is 5.69 Å². The van der Waals surface area contributed by atoms with Crippen LogP contribution in [0.1, 0.15) is 24.8 Å². The molecule has 2 N–H and O–H groups in total. The van der Waals surface area contributed by atoms with Crippen LogP contribution in [0.25, 0.3) is 0 Å². The zero-order valence-electron chi connectivity index (χ0n) is 13.1. The van der Waals surface area contributed by atoms with Gasteiger partial charge in [0.15, 0.2) is 0 Å². The summed E-state index contributed by atoms with van der Waals surface area (Å²) >= 11 is 0. The first-order valence-corrected chi connectivity index (χ1v) is 8.00. The third-order valence-corrected chi connectivity index (χ3v) is 4.73. The number of aliphatic hydroxyl groups is 1. The topological polar surface area (TPSA) is 35.5 Å². The van der Waals surface area contributed by atoms with Crippen molar-refractivity contribution < 1.29 is 22.7 Å². The molecule has 1 heterocycles. The van der Waals surface area contributed by atoms with Crippen LogP contribution in [-0.4, -0.2) is 24.1 Å².